The second kappa shape index (κ2) is 7.42. The Hall–Kier alpha value is -3.10. The Balaban J connectivity index is 1.50. The van der Waals surface area contributed by atoms with E-state index in [0.29, 0.717) is 37.8 Å². The van der Waals surface area contributed by atoms with Gasteiger partial charge in [0.25, 0.3) is 0 Å². The number of likely N-dealkylation sites (N-methyl/N-ethyl adjacent to an activating group) is 1. The number of carboxylic acids is 1. The van der Waals surface area contributed by atoms with Crippen LogP contribution in [0.3, 0.4) is 0 Å². The molecule has 2 heterocycles. The van der Waals surface area contributed by atoms with Crippen molar-refractivity contribution in [3.63, 3.8) is 0 Å². The molecule has 2 amide bonds. The summed E-state index contributed by atoms with van der Waals surface area (Å²) in [5.41, 5.74) is 1.77. The van der Waals surface area contributed by atoms with Crippen LogP contribution < -0.4 is 10.1 Å². The number of nitrogens with one attached hydrogen (secondary N) is 1. The fraction of sp³-hybridized carbons (Fsp3) is 0.412. The first-order valence-corrected chi connectivity index (χ1v) is 8.27. The number of guanidine groups is 1. The number of aliphatic carboxylic acids is 1. The maximum Gasteiger partial charge on any atom is 0.323 e. The van der Waals surface area contributed by atoms with Crippen LogP contribution >= 0.6 is 0 Å². The minimum atomic E-state index is -1.04. The molecule has 138 valence electrons. The highest BCUT2D eigenvalue weighted by molar-refractivity contribution is 6.05. The first kappa shape index (κ1) is 17.7. The number of ether oxygens (including phenoxy) is 1. The van der Waals surface area contributed by atoms with Crippen molar-refractivity contribution in [3.05, 3.63) is 23.8 Å². The van der Waals surface area contributed by atoms with Crippen molar-refractivity contribution in [3.8, 4) is 5.75 Å². The molecule has 0 saturated carbocycles. The Bertz CT molecular complexity index is 776. The third kappa shape index (κ3) is 4.11. The second-order valence-electron chi connectivity index (χ2n) is 6.23. The summed E-state index contributed by atoms with van der Waals surface area (Å²) in [6, 6.07) is 5.56. The molecule has 2 aliphatic rings. The van der Waals surface area contributed by atoms with E-state index in [9.17, 15) is 14.4 Å². The number of carbonyl (C=O) groups excluding carboxylic acids is 2. The van der Waals surface area contributed by atoms with Gasteiger partial charge in [0.15, 0.2) is 0 Å². The zero-order valence-corrected chi connectivity index (χ0v) is 14.4. The minimum Gasteiger partial charge on any atom is -0.494 e. The number of aliphatic imine (C=N–C) groups is 1. The molecular weight excluding hydrogens is 340 g/mol. The van der Waals surface area contributed by atoms with Gasteiger partial charge in [-0.15, -0.1) is 0 Å². The Morgan fingerprint density at radius 3 is 2.96 bits per heavy atom. The molecule has 2 aliphatic heterocycles. The van der Waals surface area contributed by atoms with Crippen LogP contribution in [0, 0.1) is 0 Å². The minimum absolute atomic E-state index is 0.0643. The average Bonchev–Trinajstić information content (AvgIpc) is 2.94. The van der Waals surface area contributed by atoms with Gasteiger partial charge in [-0.2, -0.15) is 0 Å². The average molecular weight is 360 g/mol. The van der Waals surface area contributed by atoms with E-state index < -0.39 is 5.97 Å². The van der Waals surface area contributed by atoms with Crippen molar-refractivity contribution in [2.45, 2.75) is 19.4 Å². The Kier molecular flexibility index (Phi) is 5.06. The topological polar surface area (TPSA) is 112 Å². The standard InChI is InChI=1S/C17H20N4O5/c1-20(10-16(24)25)15(23)3-2-6-26-12-5-4-11-8-21-9-14(22)19-17(21)18-13(11)7-12/h4-5,7H,2-3,6,8-10H2,1H3,(H,24,25)(H,18,19,22). The molecule has 1 aromatic rings. The third-order valence-corrected chi connectivity index (χ3v) is 4.13. The lowest BCUT2D eigenvalue weighted by atomic mass is 10.1. The van der Waals surface area contributed by atoms with Gasteiger partial charge in [0.2, 0.25) is 17.8 Å². The van der Waals surface area contributed by atoms with Gasteiger partial charge in [-0.05, 0) is 18.1 Å². The molecule has 26 heavy (non-hydrogen) atoms. The van der Waals surface area contributed by atoms with E-state index >= 15 is 0 Å². The van der Waals surface area contributed by atoms with Gasteiger partial charge in [-0.25, -0.2) is 4.99 Å². The number of hydrogen-bond acceptors (Lipinski definition) is 6. The molecule has 0 radical (unpaired) electrons. The fourth-order valence-electron chi connectivity index (χ4n) is 2.81. The first-order chi connectivity index (χ1) is 12.4. The molecule has 3 rings (SSSR count). The zero-order valence-electron chi connectivity index (χ0n) is 14.4. The van der Waals surface area contributed by atoms with Crippen LogP contribution in [0.1, 0.15) is 18.4 Å². The van der Waals surface area contributed by atoms with Gasteiger partial charge < -0.3 is 19.6 Å². The van der Waals surface area contributed by atoms with E-state index in [1.807, 2.05) is 23.1 Å². The summed E-state index contributed by atoms with van der Waals surface area (Å²) in [4.78, 5) is 41.3. The molecule has 0 atom stereocenters. The van der Waals surface area contributed by atoms with Crippen molar-refractivity contribution < 1.29 is 24.2 Å². The molecule has 1 saturated heterocycles. The van der Waals surface area contributed by atoms with Crippen molar-refractivity contribution in [1.29, 1.82) is 0 Å². The number of fused-ring (bicyclic) bond motifs is 2. The summed E-state index contributed by atoms with van der Waals surface area (Å²) in [5.74, 6) is -0.135. The smallest absolute Gasteiger partial charge is 0.323 e. The number of rotatable bonds is 7. The molecule has 1 aromatic carbocycles. The van der Waals surface area contributed by atoms with Gasteiger partial charge in [-0.3, -0.25) is 19.7 Å². The lowest BCUT2D eigenvalue weighted by Crippen LogP contribution is -2.32. The Labute approximate surface area is 150 Å². The van der Waals surface area contributed by atoms with E-state index in [-0.39, 0.29) is 24.8 Å². The summed E-state index contributed by atoms with van der Waals surface area (Å²) in [5, 5.41) is 11.4. The van der Waals surface area contributed by atoms with Crippen molar-refractivity contribution >= 4 is 29.4 Å². The van der Waals surface area contributed by atoms with Gasteiger partial charge in [0.05, 0.1) is 12.3 Å². The quantitative estimate of drug-likeness (QED) is 0.678. The molecular formula is C17H20N4O5. The molecule has 0 aromatic heterocycles. The van der Waals surface area contributed by atoms with Crippen LogP contribution in [0.4, 0.5) is 5.69 Å². The van der Waals surface area contributed by atoms with Crippen LogP contribution in [0.2, 0.25) is 0 Å². The molecule has 9 nitrogen and oxygen atoms in total. The normalized spacial score (nSPS) is 14.9. The summed E-state index contributed by atoms with van der Waals surface area (Å²) in [7, 11) is 1.46. The second-order valence-corrected chi connectivity index (χ2v) is 6.23. The van der Waals surface area contributed by atoms with E-state index in [4.69, 9.17) is 9.84 Å². The van der Waals surface area contributed by atoms with Crippen molar-refractivity contribution in [1.82, 2.24) is 15.1 Å². The molecule has 9 heteroatoms. The van der Waals surface area contributed by atoms with Gasteiger partial charge in [-0.1, -0.05) is 6.07 Å². The van der Waals surface area contributed by atoms with E-state index in [0.717, 1.165) is 11.3 Å². The molecule has 1 fully saturated rings. The molecule has 2 N–H and O–H groups in total. The number of nitrogens with zero attached hydrogens (tertiary/aromatic N) is 3. The van der Waals surface area contributed by atoms with Crippen LogP contribution in [0.25, 0.3) is 0 Å². The predicted octanol–water partition coefficient (Wildman–Crippen LogP) is 0.322. The maximum atomic E-state index is 11.8. The van der Waals surface area contributed by atoms with Crippen LogP contribution in [-0.2, 0) is 20.9 Å². The SMILES string of the molecule is CN(CC(=O)O)C(=O)CCCOc1ccc2c(c1)N=C1NC(=O)CN1C2. The Morgan fingerprint density at radius 2 is 2.19 bits per heavy atom. The van der Waals surface area contributed by atoms with Crippen molar-refractivity contribution in [2.24, 2.45) is 4.99 Å². The predicted molar refractivity (Wildman–Crippen MR) is 92.1 cm³/mol. The molecule has 0 aliphatic carbocycles. The summed E-state index contributed by atoms with van der Waals surface area (Å²) in [6.45, 7) is 0.974. The van der Waals surface area contributed by atoms with Gasteiger partial charge in [0, 0.05) is 26.1 Å². The lowest BCUT2D eigenvalue weighted by Gasteiger charge is -2.23. The number of hydrogen-bond donors (Lipinski definition) is 2. The number of benzene rings is 1. The Morgan fingerprint density at radius 1 is 1.38 bits per heavy atom. The van der Waals surface area contributed by atoms with Gasteiger partial charge >= 0.3 is 5.97 Å². The highest BCUT2D eigenvalue weighted by atomic mass is 16.5. The fourth-order valence-corrected chi connectivity index (χ4v) is 2.81. The van der Waals surface area contributed by atoms with E-state index in [2.05, 4.69) is 10.3 Å². The maximum absolute atomic E-state index is 11.8. The molecule has 0 spiro atoms. The van der Waals surface area contributed by atoms with E-state index in [1.54, 1.807) is 0 Å². The van der Waals surface area contributed by atoms with E-state index in [1.165, 1.54) is 11.9 Å². The molecule has 0 unspecified atom stereocenters. The summed E-state index contributed by atoms with van der Waals surface area (Å²) >= 11 is 0. The number of amides is 2. The largest absolute Gasteiger partial charge is 0.494 e. The van der Waals surface area contributed by atoms with Gasteiger partial charge in [0.1, 0.15) is 18.8 Å². The van der Waals surface area contributed by atoms with Crippen LogP contribution in [-0.4, -0.2) is 65.4 Å². The first-order valence-electron chi connectivity index (χ1n) is 8.27. The monoisotopic (exact) mass is 360 g/mol. The lowest BCUT2D eigenvalue weighted by molar-refractivity contribution is -0.143. The zero-order chi connectivity index (χ0) is 18.7. The number of carbonyl (C=O) groups is 3. The molecule has 0 bridgehead atoms. The summed E-state index contributed by atoms with van der Waals surface area (Å²) in [6.07, 6.45) is 0.705. The van der Waals surface area contributed by atoms with Crippen molar-refractivity contribution in [2.75, 3.05) is 26.7 Å². The third-order valence-electron chi connectivity index (χ3n) is 4.13. The summed E-state index contributed by atoms with van der Waals surface area (Å²) < 4.78 is 5.66. The highest BCUT2D eigenvalue weighted by Crippen LogP contribution is 2.30. The van der Waals surface area contributed by atoms with Crippen LogP contribution in [0.15, 0.2) is 23.2 Å². The number of carboxylic acid groups (broad SMARTS) is 1. The van der Waals surface area contributed by atoms with Crippen LogP contribution in [0.5, 0.6) is 5.75 Å². The highest BCUT2D eigenvalue weighted by Gasteiger charge is 2.29.